The number of carbonyl (C=O) groups excluding carboxylic acids is 2. The molecule has 2 amide bonds. The first-order valence-electron chi connectivity index (χ1n) is 10.2. The molecule has 0 saturated carbocycles. The summed E-state index contributed by atoms with van der Waals surface area (Å²) >= 11 is 0. The summed E-state index contributed by atoms with van der Waals surface area (Å²) in [5.41, 5.74) is 4.09. The number of amides is 2. The fourth-order valence-corrected chi connectivity index (χ4v) is 4.70. The van der Waals surface area contributed by atoms with Gasteiger partial charge in [-0.15, -0.1) is 0 Å². The Labute approximate surface area is 178 Å². The molecule has 0 radical (unpaired) electrons. The highest BCUT2D eigenvalue weighted by Crippen LogP contribution is 2.47. The molecule has 1 N–H and O–H groups in total. The van der Waals surface area contributed by atoms with Crippen LogP contribution in [0, 0.1) is 11.6 Å². The molecule has 3 heterocycles. The zero-order chi connectivity index (χ0) is 22.0. The summed E-state index contributed by atoms with van der Waals surface area (Å²) in [5, 5.41) is 4.30. The van der Waals surface area contributed by atoms with Crippen LogP contribution in [0.5, 0.6) is 0 Å². The van der Waals surface area contributed by atoms with Crippen LogP contribution >= 0.6 is 0 Å². The van der Waals surface area contributed by atoms with Crippen molar-refractivity contribution in [3.05, 3.63) is 76.6 Å². The van der Waals surface area contributed by atoms with Crippen molar-refractivity contribution in [1.29, 1.82) is 0 Å². The van der Waals surface area contributed by atoms with E-state index in [0.717, 1.165) is 34.3 Å². The summed E-state index contributed by atoms with van der Waals surface area (Å²) in [6.45, 7) is 5.59. The summed E-state index contributed by atoms with van der Waals surface area (Å²) in [4.78, 5) is 26.6. The number of nitrogens with one attached hydrogen (secondary N) is 1. The molecule has 7 heteroatoms. The van der Waals surface area contributed by atoms with Crippen LogP contribution in [0.3, 0.4) is 0 Å². The average Bonchev–Trinajstić information content (AvgIpc) is 3.21. The van der Waals surface area contributed by atoms with Crippen molar-refractivity contribution in [1.82, 2.24) is 9.47 Å². The number of hydrogen-bond acceptors (Lipinski definition) is 3. The average molecular weight is 421 g/mol. The Morgan fingerprint density at radius 2 is 1.94 bits per heavy atom. The van der Waals surface area contributed by atoms with E-state index in [1.165, 1.54) is 17.9 Å². The number of anilines is 1. The van der Waals surface area contributed by atoms with E-state index in [2.05, 4.69) is 23.7 Å². The first kappa shape index (κ1) is 19.5. The second-order valence-corrected chi connectivity index (χ2v) is 8.32. The van der Waals surface area contributed by atoms with Gasteiger partial charge in [0.05, 0.1) is 17.6 Å². The lowest BCUT2D eigenvalue weighted by Gasteiger charge is -2.19. The van der Waals surface area contributed by atoms with Crippen molar-refractivity contribution in [2.24, 2.45) is 0 Å². The molecule has 1 aromatic heterocycles. The third-order valence-corrected chi connectivity index (χ3v) is 6.10. The maximum Gasteiger partial charge on any atom is 0.259 e. The van der Waals surface area contributed by atoms with Gasteiger partial charge in [-0.25, -0.2) is 8.78 Å². The third-order valence-electron chi connectivity index (χ3n) is 6.10. The summed E-state index contributed by atoms with van der Waals surface area (Å²) in [5.74, 6) is -3.33. The Hall–Kier alpha value is -3.48. The van der Waals surface area contributed by atoms with Crippen LogP contribution in [0.4, 0.5) is 14.5 Å². The van der Waals surface area contributed by atoms with Gasteiger partial charge < -0.3 is 9.88 Å². The molecular formula is C24H21F2N3O2. The molecule has 2 aromatic carbocycles. The molecule has 5 nitrogen and oxygen atoms in total. The molecule has 0 fully saturated rings. The molecule has 5 rings (SSSR count). The van der Waals surface area contributed by atoms with E-state index in [9.17, 15) is 18.4 Å². The Balaban J connectivity index is 1.83. The minimum absolute atomic E-state index is 0.120. The maximum atomic E-state index is 14.2. The number of hydrogen-bond donors (Lipinski definition) is 1. The van der Waals surface area contributed by atoms with Gasteiger partial charge in [-0.3, -0.25) is 14.5 Å². The molecule has 31 heavy (non-hydrogen) atoms. The second kappa shape index (κ2) is 6.77. The summed E-state index contributed by atoms with van der Waals surface area (Å²) in [7, 11) is 0. The molecule has 0 unspecified atom stereocenters. The van der Waals surface area contributed by atoms with E-state index in [1.807, 2.05) is 24.4 Å². The van der Waals surface area contributed by atoms with Crippen LogP contribution in [0.15, 0.2) is 53.9 Å². The van der Waals surface area contributed by atoms with Gasteiger partial charge in [-0.1, -0.05) is 12.1 Å². The Morgan fingerprint density at radius 1 is 1.16 bits per heavy atom. The lowest BCUT2D eigenvalue weighted by atomic mass is 9.84. The highest BCUT2D eigenvalue weighted by Gasteiger charge is 2.41. The number of carbonyl (C=O) groups is 2. The number of halogens is 2. The summed E-state index contributed by atoms with van der Waals surface area (Å²) < 4.78 is 30.1. The quantitative estimate of drug-likeness (QED) is 0.653. The van der Waals surface area contributed by atoms with Gasteiger partial charge in [0.15, 0.2) is 11.6 Å². The molecule has 0 saturated heterocycles. The summed E-state index contributed by atoms with van der Waals surface area (Å²) in [6, 6.07) is 9.74. The predicted octanol–water partition coefficient (Wildman–Crippen LogP) is 4.70. The van der Waals surface area contributed by atoms with E-state index < -0.39 is 23.5 Å². The van der Waals surface area contributed by atoms with Crippen LogP contribution in [-0.4, -0.2) is 27.8 Å². The first-order valence-corrected chi connectivity index (χ1v) is 10.2. The number of rotatable bonds is 2. The van der Waals surface area contributed by atoms with Gasteiger partial charge >= 0.3 is 0 Å². The van der Waals surface area contributed by atoms with Crippen LogP contribution in [0.1, 0.15) is 43.9 Å². The van der Waals surface area contributed by atoms with Crippen LogP contribution in [0.2, 0.25) is 0 Å². The fraction of sp³-hybridized carbons (Fsp3) is 0.250. The fourth-order valence-electron chi connectivity index (χ4n) is 4.70. The predicted molar refractivity (Wildman–Crippen MR) is 114 cm³/mol. The van der Waals surface area contributed by atoms with Crippen molar-refractivity contribution in [2.45, 2.75) is 32.7 Å². The molecule has 0 bridgehead atoms. The minimum Gasteiger partial charge on any atom is -0.356 e. The minimum atomic E-state index is -0.974. The number of aromatic nitrogens is 1. The van der Waals surface area contributed by atoms with E-state index in [4.69, 9.17) is 0 Å². The van der Waals surface area contributed by atoms with Gasteiger partial charge in [0.2, 0.25) is 5.91 Å². The number of imide groups is 1. The van der Waals surface area contributed by atoms with Crippen molar-refractivity contribution >= 4 is 28.4 Å². The van der Waals surface area contributed by atoms with Gasteiger partial charge in [-0.05, 0) is 49.2 Å². The molecule has 0 aliphatic carbocycles. The van der Waals surface area contributed by atoms with Gasteiger partial charge in [0.25, 0.3) is 5.91 Å². The second-order valence-electron chi connectivity index (χ2n) is 8.32. The molecule has 3 aromatic rings. The maximum absolute atomic E-state index is 14.2. The van der Waals surface area contributed by atoms with Crippen LogP contribution < -0.4 is 5.32 Å². The van der Waals surface area contributed by atoms with Gasteiger partial charge in [0, 0.05) is 41.9 Å². The van der Waals surface area contributed by atoms with Crippen LogP contribution in [-0.2, 0) is 9.59 Å². The molecule has 2 aliphatic rings. The van der Waals surface area contributed by atoms with Crippen molar-refractivity contribution in [3.8, 4) is 0 Å². The number of benzene rings is 2. The monoisotopic (exact) mass is 421 g/mol. The van der Waals surface area contributed by atoms with E-state index in [0.29, 0.717) is 16.8 Å². The molecule has 1 atom stereocenters. The Morgan fingerprint density at radius 3 is 2.61 bits per heavy atom. The Kier molecular flexibility index (Phi) is 4.25. The van der Waals surface area contributed by atoms with Crippen molar-refractivity contribution in [2.75, 3.05) is 11.9 Å². The van der Waals surface area contributed by atoms with E-state index >= 15 is 0 Å². The Bertz CT molecular complexity index is 1310. The smallest absolute Gasteiger partial charge is 0.259 e. The zero-order valence-corrected chi connectivity index (χ0v) is 17.4. The van der Waals surface area contributed by atoms with Crippen molar-refractivity contribution in [3.63, 3.8) is 0 Å². The SMILES string of the molecule is CC(=O)N1CC2=C(C1=O)[C@H](c1ccc(F)c(F)c1)c1cn(C(C)C)c3cccc(c13)N2. The summed E-state index contributed by atoms with van der Waals surface area (Å²) in [6.07, 6.45) is 1.98. The standard InChI is InChI=1S/C24H21F2N3O2/c1-12(2)28-10-15-21(14-7-8-16(25)17(26)9-14)23-19(11-29(13(3)30)24(23)31)27-18-5-4-6-20(28)22(15)18/h4-10,12,21,27H,11H2,1-3H3/t21-/m1/s1. The normalized spacial score (nSPS) is 17.9. The lowest BCUT2D eigenvalue weighted by molar-refractivity contribution is -0.139. The topological polar surface area (TPSA) is 54.3 Å². The van der Waals surface area contributed by atoms with E-state index in [-0.39, 0.29) is 18.5 Å². The highest BCUT2D eigenvalue weighted by molar-refractivity contribution is 6.11. The first-order chi connectivity index (χ1) is 14.8. The van der Waals surface area contributed by atoms with Crippen molar-refractivity contribution < 1.29 is 18.4 Å². The molecule has 158 valence electrons. The molecular weight excluding hydrogens is 400 g/mol. The third kappa shape index (κ3) is 2.80. The molecule has 2 aliphatic heterocycles. The van der Waals surface area contributed by atoms with Gasteiger partial charge in [-0.2, -0.15) is 0 Å². The van der Waals surface area contributed by atoms with E-state index in [1.54, 1.807) is 0 Å². The van der Waals surface area contributed by atoms with Gasteiger partial charge in [0.1, 0.15) is 0 Å². The lowest BCUT2D eigenvalue weighted by Crippen LogP contribution is -2.33. The van der Waals surface area contributed by atoms with Crippen LogP contribution in [0.25, 0.3) is 10.9 Å². The zero-order valence-electron chi connectivity index (χ0n) is 17.4. The largest absolute Gasteiger partial charge is 0.356 e. The highest BCUT2D eigenvalue weighted by atomic mass is 19.2. The molecule has 0 spiro atoms. The number of nitrogens with zero attached hydrogens (tertiary/aromatic N) is 2.